The van der Waals surface area contributed by atoms with Crippen molar-refractivity contribution in [3.63, 3.8) is 0 Å². The molecule has 0 saturated carbocycles. The normalized spacial score (nSPS) is 12.1. The minimum atomic E-state index is -0.626. The van der Waals surface area contributed by atoms with Crippen molar-refractivity contribution in [3.8, 4) is 0 Å². The van der Waals surface area contributed by atoms with Gasteiger partial charge in [0.25, 0.3) is 0 Å². The van der Waals surface area contributed by atoms with Gasteiger partial charge in [-0.25, -0.2) is 0 Å². The molecule has 3 aromatic carbocycles. The SMILES string of the molecule is Cc1cccc(CC(=O)N(Cc2ccccc2C)[C@@H](Cc2ccccc2)C(=O)NC(C)(C)C)c1. The zero-order chi connectivity index (χ0) is 24.7. The summed E-state index contributed by atoms with van der Waals surface area (Å²) in [5.74, 6) is -0.193. The van der Waals surface area contributed by atoms with Crippen LogP contribution in [0.1, 0.15) is 48.6 Å². The van der Waals surface area contributed by atoms with Gasteiger partial charge in [-0.2, -0.15) is 0 Å². The van der Waals surface area contributed by atoms with E-state index in [-0.39, 0.29) is 18.2 Å². The number of nitrogens with one attached hydrogen (secondary N) is 1. The van der Waals surface area contributed by atoms with E-state index in [1.807, 2.05) is 113 Å². The molecule has 0 aliphatic rings. The van der Waals surface area contributed by atoms with Crippen molar-refractivity contribution < 1.29 is 9.59 Å². The van der Waals surface area contributed by atoms with Gasteiger partial charge in [-0.15, -0.1) is 0 Å². The molecule has 0 heterocycles. The molecule has 1 N–H and O–H groups in total. The zero-order valence-electron chi connectivity index (χ0n) is 21.0. The highest BCUT2D eigenvalue weighted by molar-refractivity contribution is 5.89. The lowest BCUT2D eigenvalue weighted by Crippen LogP contribution is -2.54. The molecule has 0 aliphatic carbocycles. The maximum atomic E-state index is 13.8. The molecule has 3 aromatic rings. The molecular formula is C30H36N2O2. The topological polar surface area (TPSA) is 49.4 Å². The average Bonchev–Trinajstić information content (AvgIpc) is 2.77. The Hall–Kier alpha value is -3.40. The Labute approximate surface area is 204 Å². The summed E-state index contributed by atoms with van der Waals surface area (Å²) in [4.78, 5) is 29.1. The molecule has 0 spiro atoms. The molecule has 0 aromatic heterocycles. The van der Waals surface area contributed by atoms with Crippen LogP contribution < -0.4 is 5.32 Å². The minimum absolute atomic E-state index is 0.0566. The molecule has 0 bridgehead atoms. The molecule has 178 valence electrons. The van der Waals surface area contributed by atoms with Gasteiger partial charge in [0, 0.05) is 18.5 Å². The molecule has 4 heteroatoms. The Bertz CT molecular complexity index is 1120. The van der Waals surface area contributed by atoms with Crippen LogP contribution in [0.25, 0.3) is 0 Å². The highest BCUT2D eigenvalue weighted by Gasteiger charge is 2.32. The molecule has 0 radical (unpaired) electrons. The van der Waals surface area contributed by atoms with Gasteiger partial charge in [-0.3, -0.25) is 9.59 Å². The second kappa shape index (κ2) is 11.1. The Morgan fingerprint density at radius 1 is 0.853 bits per heavy atom. The van der Waals surface area contributed by atoms with E-state index in [0.29, 0.717) is 13.0 Å². The molecule has 0 fully saturated rings. The van der Waals surface area contributed by atoms with Crippen LogP contribution in [0.4, 0.5) is 0 Å². The van der Waals surface area contributed by atoms with E-state index in [1.165, 1.54) is 0 Å². The number of amides is 2. The van der Waals surface area contributed by atoms with E-state index < -0.39 is 11.6 Å². The van der Waals surface area contributed by atoms with E-state index in [1.54, 1.807) is 4.90 Å². The van der Waals surface area contributed by atoms with Gasteiger partial charge in [0.15, 0.2) is 0 Å². The summed E-state index contributed by atoms with van der Waals surface area (Å²) in [5, 5.41) is 3.12. The second-order valence-electron chi connectivity index (χ2n) is 10.1. The fraction of sp³-hybridized carbons (Fsp3) is 0.333. The van der Waals surface area contributed by atoms with Gasteiger partial charge in [0.1, 0.15) is 6.04 Å². The van der Waals surface area contributed by atoms with Crippen molar-refractivity contribution in [1.82, 2.24) is 10.2 Å². The van der Waals surface area contributed by atoms with E-state index >= 15 is 0 Å². The van der Waals surface area contributed by atoms with Crippen LogP contribution in [0.5, 0.6) is 0 Å². The lowest BCUT2D eigenvalue weighted by molar-refractivity contribution is -0.141. The highest BCUT2D eigenvalue weighted by atomic mass is 16.2. The van der Waals surface area contributed by atoms with Crippen molar-refractivity contribution in [2.45, 2.75) is 65.6 Å². The van der Waals surface area contributed by atoms with Gasteiger partial charge in [0.05, 0.1) is 6.42 Å². The fourth-order valence-corrected chi connectivity index (χ4v) is 4.08. The van der Waals surface area contributed by atoms with Crippen LogP contribution >= 0.6 is 0 Å². The third kappa shape index (κ3) is 7.31. The van der Waals surface area contributed by atoms with Crippen LogP contribution in [0, 0.1) is 13.8 Å². The van der Waals surface area contributed by atoms with Crippen LogP contribution in [-0.2, 0) is 29.0 Å². The van der Waals surface area contributed by atoms with E-state index in [9.17, 15) is 9.59 Å². The summed E-state index contributed by atoms with van der Waals surface area (Å²) in [6.07, 6.45) is 0.704. The number of nitrogens with zero attached hydrogens (tertiary/aromatic N) is 1. The number of carbonyl (C=O) groups excluding carboxylic acids is 2. The molecule has 2 amide bonds. The summed E-state index contributed by atoms with van der Waals surface area (Å²) in [6, 6.07) is 25.3. The smallest absolute Gasteiger partial charge is 0.243 e. The van der Waals surface area contributed by atoms with Crippen molar-refractivity contribution in [1.29, 1.82) is 0 Å². The number of benzene rings is 3. The zero-order valence-corrected chi connectivity index (χ0v) is 21.0. The molecule has 34 heavy (non-hydrogen) atoms. The van der Waals surface area contributed by atoms with E-state index in [0.717, 1.165) is 27.8 Å². The van der Waals surface area contributed by atoms with Crippen molar-refractivity contribution in [3.05, 3.63) is 107 Å². The lowest BCUT2D eigenvalue weighted by atomic mass is 9.99. The van der Waals surface area contributed by atoms with Gasteiger partial charge in [-0.1, -0.05) is 84.4 Å². The van der Waals surface area contributed by atoms with Gasteiger partial charge in [0.2, 0.25) is 11.8 Å². The molecule has 0 aliphatic heterocycles. The number of aryl methyl sites for hydroxylation is 2. The first-order valence-corrected chi connectivity index (χ1v) is 11.9. The van der Waals surface area contributed by atoms with Crippen LogP contribution in [0.2, 0.25) is 0 Å². The molecule has 0 saturated heterocycles. The van der Waals surface area contributed by atoms with Gasteiger partial charge >= 0.3 is 0 Å². The number of rotatable bonds is 8. The number of hydrogen-bond donors (Lipinski definition) is 1. The largest absolute Gasteiger partial charge is 0.350 e. The highest BCUT2D eigenvalue weighted by Crippen LogP contribution is 2.19. The Morgan fingerprint density at radius 2 is 1.50 bits per heavy atom. The molecule has 0 unspecified atom stereocenters. The standard InChI is InChI=1S/C30H36N2O2/c1-22-12-11-16-25(18-22)20-28(33)32(21-26-17-10-9-13-23(26)2)27(29(34)31-30(3,4)5)19-24-14-7-6-8-15-24/h6-18,27H,19-21H2,1-5H3,(H,31,34)/t27-/m0/s1. The van der Waals surface area contributed by atoms with Crippen LogP contribution in [0.3, 0.4) is 0 Å². The molecule has 4 nitrogen and oxygen atoms in total. The summed E-state index contributed by atoms with van der Waals surface area (Å²) in [5.41, 5.74) is 4.83. The monoisotopic (exact) mass is 456 g/mol. The van der Waals surface area contributed by atoms with Crippen molar-refractivity contribution in [2.75, 3.05) is 0 Å². The maximum Gasteiger partial charge on any atom is 0.243 e. The third-order valence-electron chi connectivity index (χ3n) is 5.81. The molecule has 1 atom stereocenters. The van der Waals surface area contributed by atoms with Gasteiger partial charge < -0.3 is 10.2 Å². The van der Waals surface area contributed by atoms with E-state index in [2.05, 4.69) is 5.32 Å². The first-order chi connectivity index (χ1) is 16.1. The summed E-state index contributed by atoms with van der Waals surface area (Å²) < 4.78 is 0. The Morgan fingerprint density at radius 3 is 2.15 bits per heavy atom. The quantitative estimate of drug-likeness (QED) is 0.493. The average molecular weight is 457 g/mol. The molecule has 3 rings (SSSR count). The van der Waals surface area contributed by atoms with Crippen LogP contribution in [0.15, 0.2) is 78.9 Å². The lowest BCUT2D eigenvalue weighted by Gasteiger charge is -2.34. The maximum absolute atomic E-state index is 13.8. The summed E-state index contributed by atoms with van der Waals surface area (Å²) in [6.45, 7) is 10.3. The first kappa shape index (κ1) is 25.2. The van der Waals surface area contributed by atoms with Crippen LogP contribution in [-0.4, -0.2) is 28.3 Å². The third-order valence-corrected chi connectivity index (χ3v) is 5.81. The predicted molar refractivity (Wildman–Crippen MR) is 138 cm³/mol. The Balaban J connectivity index is 2.00. The molecular weight excluding hydrogens is 420 g/mol. The summed E-state index contributed by atoms with van der Waals surface area (Å²) >= 11 is 0. The van der Waals surface area contributed by atoms with Crippen molar-refractivity contribution in [2.24, 2.45) is 0 Å². The number of hydrogen-bond acceptors (Lipinski definition) is 2. The minimum Gasteiger partial charge on any atom is -0.350 e. The van der Waals surface area contributed by atoms with E-state index in [4.69, 9.17) is 0 Å². The second-order valence-corrected chi connectivity index (χ2v) is 10.1. The Kier molecular flexibility index (Phi) is 8.27. The summed E-state index contributed by atoms with van der Waals surface area (Å²) in [7, 11) is 0. The van der Waals surface area contributed by atoms with Crippen molar-refractivity contribution >= 4 is 11.8 Å². The number of carbonyl (C=O) groups is 2. The first-order valence-electron chi connectivity index (χ1n) is 11.9. The fourth-order valence-electron chi connectivity index (χ4n) is 4.08. The predicted octanol–water partition coefficient (Wildman–Crippen LogP) is 5.40. The van der Waals surface area contributed by atoms with Gasteiger partial charge in [-0.05, 0) is 56.9 Å².